The molecule has 4 rings (SSSR count). The maximum absolute atomic E-state index is 13.6. The van der Waals surface area contributed by atoms with Gasteiger partial charge >= 0.3 is 0 Å². The Bertz CT molecular complexity index is 1300. The molecule has 0 aliphatic heterocycles. The van der Waals surface area contributed by atoms with Gasteiger partial charge in [-0.3, -0.25) is 4.31 Å². The van der Waals surface area contributed by atoms with Crippen LogP contribution in [0.15, 0.2) is 76.4 Å². The number of thiazole rings is 1. The summed E-state index contributed by atoms with van der Waals surface area (Å²) in [5, 5.41) is 3.68. The van der Waals surface area contributed by atoms with Gasteiger partial charge in [-0.2, -0.15) is 8.42 Å². The van der Waals surface area contributed by atoms with Crippen LogP contribution < -0.4 is 9.04 Å². The Morgan fingerprint density at radius 2 is 1.65 bits per heavy atom. The summed E-state index contributed by atoms with van der Waals surface area (Å²) in [4.78, 5) is 4.24. The second kappa shape index (κ2) is 8.69. The van der Waals surface area contributed by atoms with Crippen LogP contribution in [0.25, 0.3) is 10.8 Å². The number of sulfonamides is 1. The Morgan fingerprint density at radius 1 is 1.00 bits per heavy atom. The lowest BCUT2D eigenvalue weighted by Gasteiger charge is -2.29. The summed E-state index contributed by atoms with van der Waals surface area (Å²) < 4.78 is 34.8. The zero-order valence-corrected chi connectivity index (χ0v) is 19.3. The average Bonchev–Trinajstić information content (AvgIpc) is 3.20. The molecule has 1 heterocycles. The SMILES string of the molecule is Cc1csc(S(=O)(=O)N(c2cc3ccccc3cc2OCc2ccccc2)C(C)C)n1. The second-order valence-corrected chi connectivity index (χ2v) is 10.4. The van der Waals surface area contributed by atoms with E-state index in [0.29, 0.717) is 23.7 Å². The first-order chi connectivity index (χ1) is 14.9. The van der Waals surface area contributed by atoms with Gasteiger partial charge in [0.25, 0.3) is 10.0 Å². The normalized spacial score (nSPS) is 11.7. The molecule has 0 N–H and O–H groups in total. The van der Waals surface area contributed by atoms with Crippen molar-refractivity contribution in [3.8, 4) is 5.75 Å². The Kier molecular flexibility index (Phi) is 5.98. The predicted octanol–water partition coefficient (Wildman–Crippen LogP) is 5.79. The van der Waals surface area contributed by atoms with Crippen molar-refractivity contribution in [1.82, 2.24) is 4.98 Å². The Hall–Kier alpha value is -2.90. The van der Waals surface area contributed by atoms with Crippen LogP contribution in [0.5, 0.6) is 5.75 Å². The van der Waals surface area contributed by atoms with Crippen molar-refractivity contribution in [2.75, 3.05) is 4.31 Å². The van der Waals surface area contributed by atoms with Gasteiger partial charge in [0.05, 0.1) is 5.69 Å². The van der Waals surface area contributed by atoms with Gasteiger partial charge in [0.15, 0.2) is 0 Å². The predicted molar refractivity (Wildman–Crippen MR) is 126 cm³/mol. The molecule has 0 unspecified atom stereocenters. The van der Waals surface area contributed by atoms with Crippen LogP contribution in [0.4, 0.5) is 5.69 Å². The van der Waals surface area contributed by atoms with Crippen molar-refractivity contribution in [2.45, 2.75) is 37.8 Å². The molecule has 160 valence electrons. The molecule has 0 amide bonds. The van der Waals surface area contributed by atoms with E-state index in [1.165, 1.54) is 4.31 Å². The fourth-order valence-electron chi connectivity index (χ4n) is 3.45. The van der Waals surface area contributed by atoms with Crippen LogP contribution in [-0.4, -0.2) is 19.4 Å². The van der Waals surface area contributed by atoms with Crippen LogP contribution in [0, 0.1) is 6.92 Å². The summed E-state index contributed by atoms with van der Waals surface area (Å²) in [6, 6.07) is 21.2. The van der Waals surface area contributed by atoms with Crippen LogP contribution in [0.2, 0.25) is 0 Å². The van der Waals surface area contributed by atoms with Gasteiger partial charge in [-0.05, 0) is 49.2 Å². The molecule has 1 aromatic heterocycles. The van der Waals surface area contributed by atoms with Gasteiger partial charge < -0.3 is 4.74 Å². The monoisotopic (exact) mass is 452 g/mol. The van der Waals surface area contributed by atoms with Gasteiger partial charge in [-0.25, -0.2) is 4.98 Å². The van der Waals surface area contributed by atoms with Crippen molar-refractivity contribution in [3.63, 3.8) is 0 Å². The molecule has 0 spiro atoms. The summed E-state index contributed by atoms with van der Waals surface area (Å²) in [5.41, 5.74) is 2.21. The van der Waals surface area contributed by atoms with E-state index in [2.05, 4.69) is 4.98 Å². The van der Waals surface area contributed by atoms with Crippen LogP contribution in [-0.2, 0) is 16.6 Å². The maximum atomic E-state index is 13.6. The van der Waals surface area contributed by atoms with Gasteiger partial charge in [-0.1, -0.05) is 54.6 Å². The lowest BCUT2D eigenvalue weighted by Crippen LogP contribution is -2.37. The van der Waals surface area contributed by atoms with Gasteiger partial charge in [0, 0.05) is 17.1 Å². The first-order valence-corrected chi connectivity index (χ1v) is 12.3. The molecule has 31 heavy (non-hydrogen) atoms. The quantitative estimate of drug-likeness (QED) is 0.356. The molecule has 0 radical (unpaired) electrons. The zero-order valence-electron chi connectivity index (χ0n) is 17.6. The van der Waals surface area contributed by atoms with E-state index in [9.17, 15) is 8.42 Å². The molecule has 4 aromatic rings. The number of hydrogen-bond acceptors (Lipinski definition) is 5. The molecule has 0 fully saturated rings. The first kappa shape index (κ1) is 21.3. The minimum atomic E-state index is -3.85. The van der Waals surface area contributed by atoms with Crippen LogP contribution >= 0.6 is 11.3 Å². The van der Waals surface area contributed by atoms with Gasteiger partial charge in [0.1, 0.15) is 12.4 Å². The topological polar surface area (TPSA) is 59.5 Å². The van der Waals surface area contributed by atoms with Crippen molar-refractivity contribution < 1.29 is 13.2 Å². The summed E-state index contributed by atoms with van der Waals surface area (Å²) in [6.07, 6.45) is 0. The van der Waals surface area contributed by atoms with Crippen molar-refractivity contribution in [1.29, 1.82) is 0 Å². The molecule has 0 bridgehead atoms. The maximum Gasteiger partial charge on any atom is 0.292 e. The van der Waals surface area contributed by atoms with E-state index in [-0.39, 0.29) is 10.4 Å². The Morgan fingerprint density at radius 3 is 2.26 bits per heavy atom. The summed E-state index contributed by atoms with van der Waals surface area (Å²) in [6.45, 7) is 5.84. The molecule has 0 aliphatic rings. The number of benzene rings is 3. The summed E-state index contributed by atoms with van der Waals surface area (Å²) in [5.74, 6) is 0.521. The van der Waals surface area contributed by atoms with E-state index < -0.39 is 10.0 Å². The molecular formula is C24H24N2O3S2. The number of fused-ring (bicyclic) bond motifs is 1. The highest BCUT2D eigenvalue weighted by Crippen LogP contribution is 2.38. The number of ether oxygens (including phenoxy) is 1. The number of aromatic nitrogens is 1. The van der Waals surface area contributed by atoms with Crippen LogP contribution in [0.3, 0.4) is 0 Å². The lowest BCUT2D eigenvalue weighted by atomic mass is 10.1. The number of aryl methyl sites for hydroxylation is 1. The van der Waals surface area contributed by atoms with Crippen molar-refractivity contribution >= 4 is 37.8 Å². The number of nitrogens with zero attached hydrogens (tertiary/aromatic N) is 2. The third kappa shape index (κ3) is 4.43. The minimum absolute atomic E-state index is 0.0841. The first-order valence-electron chi connectivity index (χ1n) is 10.0. The van der Waals surface area contributed by atoms with Crippen molar-refractivity contribution in [2.24, 2.45) is 0 Å². The highest BCUT2D eigenvalue weighted by molar-refractivity contribution is 7.94. The molecule has 0 atom stereocenters. The fourth-order valence-corrected chi connectivity index (χ4v) is 6.23. The lowest BCUT2D eigenvalue weighted by molar-refractivity contribution is 0.307. The highest BCUT2D eigenvalue weighted by atomic mass is 32.2. The summed E-state index contributed by atoms with van der Waals surface area (Å²) >= 11 is 1.14. The zero-order chi connectivity index (χ0) is 22.0. The van der Waals surface area contributed by atoms with Crippen LogP contribution in [0.1, 0.15) is 25.1 Å². The average molecular weight is 453 g/mol. The standard InChI is InChI=1S/C24H24N2O3S2/c1-17(2)26(31(27,28)24-25-18(3)16-30-24)22-13-20-11-7-8-12-21(20)14-23(22)29-15-19-9-5-4-6-10-19/h4-14,16-17H,15H2,1-3H3. The van der Waals surface area contributed by atoms with E-state index in [1.807, 2.05) is 80.6 Å². The highest BCUT2D eigenvalue weighted by Gasteiger charge is 2.32. The molecule has 5 nitrogen and oxygen atoms in total. The minimum Gasteiger partial charge on any atom is -0.487 e. The molecule has 0 saturated carbocycles. The smallest absolute Gasteiger partial charge is 0.292 e. The molecular weight excluding hydrogens is 428 g/mol. The van der Waals surface area contributed by atoms with Gasteiger partial charge in [-0.15, -0.1) is 11.3 Å². The second-order valence-electron chi connectivity index (χ2n) is 7.59. The van der Waals surface area contributed by atoms with Crippen molar-refractivity contribution in [3.05, 3.63) is 83.4 Å². The van der Waals surface area contributed by atoms with Gasteiger partial charge in [0.2, 0.25) is 4.34 Å². The Labute approximate surface area is 187 Å². The number of anilines is 1. The molecule has 0 aliphatic carbocycles. The molecule has 7 heteroatoms. The molecule has 0 saturated heterocycles. The largest absolute Gasteiger partial charge is 0.487 e. The van der Waals surface area contributed by atoms with E-state index in [4.69, 9.17) is 4.74 Å². The van der Waals surface area contributed by atoms with E-state index >= 15 is 0 Å². The fraction of sp³-hybridized carbons (Fsp3) is 0.208. The third-order valence-corrected chi connectivity index (χ3v) is 8.19. The molecule has 3 aromatic carbocycles. The van der Waals surface area contributed by atoms with E-state index in [1.54, 1.807) is 12.3 Å². The summed E-state index contributed by atoms with van der Waals surface area (Å²) in [7, 11) is -3.85. The third-order valence-electron chi connectivity index (χ3n) is 4.85. The number of rotatable bonds is 7. The van der Waals surface area contributed by atoms with E-state index in [0.717, 1.165) is 27.7 Å². The number of hydrogen-bond donors (Lipinski definition) is 0. The Balaban J connectivity index is 1.84.